The van der Waals surface area contributed by atoms with Crippen molar-refractivity contribution in [3.63, 3.8) is 0 Å². The van der Waals surface area contributed by atoms with E-state index in [0.29, 0.717) is 24.2 Å². The molecule has 0 spiro atoms. The van der Waals surface area contributed by atoms with Gasteiger partial charge in [-0.2, -0.15) is 0 Å². The van der Waals surface area contributed by atoms with E-state index in [1.54, 1.807) is 0 Å². The minimum Gasteiger partial charge on any atom is -0.465 e. The van der Waals surface area contributed by atoms with Gasteiger partial charge in [0.2, 0.25) is 0 Å². The summed E-state index contributed by atoms with van der Waals surface area (Å²) in [6.45, 7) is 1.88. The third kappa shape index (κ3) is 1.85. The molecular weight excluding hydrogens is 204 g/mol. The molecule has 0 radical (unpaired) electrons. The lowest BCUT2D eigenvalue weighted by atomic mass is 9.78. The Balaban J connectivity index is 2.28. The summed E-state index contributed by atoms with van der Waals surface area (Å²) in [6, 6.07) is 5.74. The van der Waals surface area contributed by atoms with E-state index in [0.717, 1.165) is 11.1 Å². The van der Waals surface area contributed by atoms with Crippen molar-refractivity contribution < 1.29 is 14.3 Å². The molecule has 3 nitrogen and oxygen atoms in total. The molecule has 0 bridgehead atoms. The van der Waals surface area contributed by atoms with E-state index in [1.807, 2.05) is 25.1 Å². The molecule has 0 heterocycles. The number of carbonyl (C=O) groups is 2. The number of aryl methyl sites for hydroxylation is 1. The van der Waals surface area contributed by atoms with Gasteiger partial charge in [-0.25, -0.2) is 4.79 Å². The van der Waals surface area contributed by atoms with Gasteiger partial charge in [0, 0.05) is 12.8 Å². The number of hydrogen-bond donors (Lipinski definition) is 0. The molecule has 84 valence electrons. The summed E-state index contributed by atoms with van der Waals surface area (Å²) < 4.78 is 4.72. The van der Waals surface area contributed by atoms with E-state index in [2.05, 4.69) is 0 Å². The van der Waals surface area contributed by atoms with Crippen LogP contribution in [0, 0.1) is 6.92 Å². The molecule has 2 rings (SSSR count). The largest absolute Gasteiger partial charge is 0.465 e. The average molecular weight is 218 g/mol. The van der Waals surface area contributed by atoms with Gasteiger partial charge in [0.15, 0.2) is 0 Å². The molecule has 1 aromatic carbocycles. The lowest BCUT2D eigenvalue weighted by Crippen LogP contribution is -2.21. The number of carbonyl (C=O) groups excluding carboxylic acids is 2. The molecule has 0 amide bonds. The Hall–Kier alpha value is -1.64. The van der Waals surface area contributed by atoms with Gasteiger partial charge < -0.3 is 4.74 Å². The van der Waals surface area contributed by atoms with E-state index < -0.39 is 0 Å². The number of ketones is 1. The molecule has 1 fully saturated rings. The molecule has 1 aromatic rings. The van der Waals surface area contributed by atoms with Gasteiger partial charge in [-0.05, 0) is 30.0 Å². The number of Topliss-reactive ketones (excluding diaryl/α,β-unsaturated/α-hetero) is 1. The van der Waals surface area contributed by atoms with E-state index in [-0.39, 0.29) is 11.9 Å². The van der Waals surface area contributed by atoms with E-state index >= 15 is 0 Å². The van der Waals surface area contributed by atoms with Crippen molar-refractivity contribution >= 4 is 11.8 Å². The summed E-state index contributed by atoms with van der Waals surface area (Å²) in [5, 5.41) is 0. The summed E-state index contributed by atoms with van der Waals surface area (Å²) in [7, 11) is 1.38. The number of ether oxygens (including phenoxy) is 1. The number of rotatable bonds is 2. The monoisotopic (exact) mass is 218 g/mol. The highest BCUT2D eigenvalue weighted by Crippen LogP contribution is 2.34. The Bertz CT molecular complexity index is 440. The highest BCUT2D eigenvalue weighted by molar-refractivity contribution is 5.92. The summed E-state index contributed by atoms with van der Waals surface area (Å²) >= 11 is 0. The van der Waals surface area contributed by atoms with Gasteiger partial charge >= 0.3 is 5.97 Å². The van der Waals surface area contributed by atoms with Gasteiger partial charge in [-0.1, -0.05) is 12.1 Å². The Morgan fingerprint density at radius 2 is 2.06 bits per heavy atom. The number of methoxy groups -OCH3 is 1. The van der Waals surface area contributed by atoms with Crippen molar-refractivity contribution in [1.82, 2.24) is 0 Å². The fourth-order valence-electron chi connectivity index (χ4n) is 1.95. The zero-order valence-corrected chi connectivity index (χ0v) is 9.45. The van der Waals surface area contributed by atoms with Gasteiger partial charge in [0.25, 0.3) is 0 Å². The van der Waals surface area contributed by atoms with E-state index in [1.165, 1.54) is 7.11 Å². The number of hydrogen-bond acceptors (Lipinski definition) is 3. The molecule has 0 aliphatic heterocycles. The zero-order valence-electron chi connectivity index (χ0n) is 9.45. The maximum Gasteiger partial charge on any atom is 0.338 e. The average Bonchev–Trinajstić information content (AvgIpc) is 2.25. The summed E-state index contributed by atoms with van der Waals surface area (Å²) in [5.41, 5.74) is 2.56. The molecule has 1 aliphatic carbocycles. The van der Waals surface area contributed by atoms with Crippen LogP contribution >= 0.6 is 0 Å². The summed E-state index contributed by atoms with van der Waals surface area (Å²) in [4.78, 5) is 22.4. The summed E-state index contributed by atoms with van der Waals surface area (Å²) in [5.74, 6) is 0.270. The minimum atomic E-state index is -0.315. The zero-order chi connectivity index (χ0) is 11.7. The predicted octanol–water partition coefficient (Wildman–Crippen LogP) is 2.23. The lowest BCUT2D eigenvalue weighted by molar-refractivity contribution is -0.124. The second kappa shape index (κ2) is 4.08. The second-order valence-corrected chi connectivity index (χ2v) is 4.21. The van der Waals surface area contributed by atoms with Crippen LogP contribution in [0.15, 0.2) is 18.2 Å². The predicted molar refractivity (Wildman–Crippen MR) is 59.5 cm³/mol. The second-order valence-electron chi connectivity index (χ2n) is 4.21. The van der Waals surface area contributed by atoms with Gasteiger partial charge in [0.05, 0.1) is 12.7 Å². The van der Waals surface area contributed by atoms with Crippen LogP contribution in [-0.4, -0.2) is 18.9 Å². The molecule has 0 atom stereocenters. The molecule has 1 aliphatic rings. The minimum absolute atomic E-state index is 0.288. The molecule has 16 heavy (non-hydrogen) atoms. The first kappa shape index (κ1) is 10.9. The van der Waals surface area contributed by atoms with Crippen LogP contribution in [0.5, 0.6) is 0 Å². The van der Waals surface area contributed by atoms with Crippen LogP contribution in [0.2, 0.25) is 0 Å². The van der Waals surface area contributed by atoms with Gasteiger partial charge in [-0.3, -0.25) is 4.79 Å². The quantitative estimate of drug-likeness (QED) is 0.715. The number of esters is 1. The van der Waals surface area contributed by atoms with Crippen molar-refractivity contribution in [1.29, 1.82) is 0 Å². The first-order valence-electron chi connectivity index (χ1n) is 5.32. The van der Waals surface area contributed by atoms with Crippen LogP contribution in [0.4, 0.5) is 0 Å². The Morgan fingerprint density at radius 1 is 1.38 bits per heavy atom. The van der Waals surface area contributed by atoms with Gasteiger partial charge in [0.1, 0.15) is 5.78 Å². The highest BCUT2D eigenvalue weighted by atomic mass is 16.5. The van der Waals surface area contributed by atoms with Crippen LogP contribution in [0.1, 0.15) is 40.2 Å². The van der Waals surface area contributed by atoms with E-state index in [4.69, 9.17) is 4.74 Å². The highest BCUT2D eigenvalue weighted by Gasteiger charge is 2.28. The van der Waals surface area contributed by atoms with Crippen molar-refractivity contribution in [3.8, 4) is 0 Å². The molecule has 0 unspecified atom stereocenters. The smallest absolute Gasteiger partial charge is 0.338 e. The van der Waals surface area contributed by atoms with Crippen LogP contribution in [0.25, 0.3) is 0 Å². The Kier molecular flexibility index (Phi) is 2.77. The third-order valence-electron chi connectivity index (χ3n) is 3.09. The Morgan fingerprint density at radius 3 is 2.62 bits per heavy atom. The molecule has 0 aromatic heterocycles. The van der Waals surface area contributed by atoms with Crippen LogP contribution in [-0.2, 0) is 9.53 Å². The SMILES string of the molecule is COC(=O)c1cc(C2CC(=O)C2)ccc1C. The number of benzene rings is 1. The molecule has 0 N–H and O–H groups in total. The maximum absolute atomic E-state index is 11.5. The van der Waals surface area contributed by atoms with Gasteiger partial charge in [-0.15, -0.1) is 0 Å². The fourth-order valence-corrected chi connectivity index (χ4v) is 1.95. The standard InChI is InChI=1S/C13H14O3/c1-8-3-4-9(10-5-11(14)6-10)7-12(8)13(15)16-2/h3-4,7,10H,5-6H2,1-2H3. The van der Waals surface area contributed by atoms with Crippen molar-refractivity contribution in [2.24, 2.45) is 0 Å². The van der Waals surface area contributed by atoms with Crippen molar-refractivity contribution in [2.75, 3.05) is 7.11 Å². The molecule has 0 saturated heterocycles. The van der Waals surface area contributed by atoms with Crippen molar-refractivity contribution in [2.45, 2.75) is 25.7 Å². The molecule has 3 heteroatoms. The molecule has 1 saturated carbocycles. The van der Waals surface area contributed by atoms with Crippen molar-refractivity contribution in [3.05, 3.63) is 34.9 Å². The fraction of sp³-hybridized carbons (Fsp3) is 0.385. The van der Waals surface area contributed by atoms with E-state index in [9.17, 15) is 9.59 Å². The Labute approximate surface area is 94.4 Å². The maximum atomic E-state index is 11.5. The topological polar surface area (TPSA) is 43.4 Å². The first-order valence-corrected chi connectivity index (χ1v) is 5.32. The third-order valence-corrected chi connectivity index (χ3v) is 3.09. The van der Waals surface area contributed by atoms with Crippen LogP contribution < -0.4 is 0 Å². The summed E-state index contributed by atoms with van der Waals surface area (Å²) in [6.07, 6.45) is 1.20. The normalized spacial score (nSPS) is 15.8. The lowest BCUT2D eigenvalue weighted by Gasteiger charge is -2.25. The van der Waals surface area contributed by atoms with Crippen LogP contribution in [0.3, 0.4) is 0 Å². The molecular formula is C13H14O3. The first-order chi connectivity index (χ1) is 7.61.